The van der Waals surface area contributed by atoms with Crippen LogP contribution in [-0.2, 0) is 0 Å². The summed E-state index contributed by atoms with van der Waals surface area (Å²) in [7, 11) is 3.85. The molecular weight excluding hydrogens is 128 g/mol. The van der Waals surface area contributed by atoms with Gasteiger partial charge in [0.15, 0.2) is 0 Å². The Kier molecular flexibility index (Phi) is 1.71. The van der Waals surface area contributed by atoms with Crippen molar-refractivity contribution < 1.29 is 0 Å². The first-order valence-electron chi connectivity index (χ1n) is 2.95. The van der Waals surface area contributed by atoms with Gasteiger partial charge in [-0.15, -0.1) is 0 Å². The van der Waals surface area contributed by atoms with E-state index in [1.165, 1.54) is 0 Å². The highest BCUT2D eigenvalue weighted by molar-refractivity contribution is 5.41. The Balaban J connectivity index is 2.89. The van der Waals surface area contributed by atoms with Crippen LogP contribution < -0.4 is 10.6 Å². The van der Waals surface area contributed by atoms with Crippen molar-refractivity contribution in [3.05, 3.63) is 12.4 Å². The van der Waals surface area contributed by atoms with E-state index < -0.39 is 0 Å². The molecule has 0 atom stereocenters. The number of hydrogen-bond donors (Lipinski definition) is 1. The third-order valence-corrected chi connectivity index (χ3v) is 1.17. The van der Waals surface area contributed by atoms with Crippen LogP contribution >= 0.6 is 0 Å². The topological polar surface area (TPSA) is 55.0 Å². The fourth-order valence-electron chi connectivity index (χ4n) is 0.562. The highest BCUT2D eigenvalue weighted by Gasteiger charge is 1.93. The number of anilines is 2. The normalized spacial score (nSPS) is 9.40. The van der Waals surface area contributed by atoms with Crippen LogP contribution in [0.15, 0.2) is 12.4 Å². The molecule has 4 heteroatoms. The molecule has 0 bridgehead atoms. The van der Waals surface area contributed by atoms with E-state index in [0.29, 0.717) is 5.95 Å². The number of nitrogens with two attached hydrogens (primary N) is 1. The molecule has 0 aliphatic rings. The molecule has 1 aromatic heterocycles. The Morgan fingerprint density at radius 3 is 2.20 bits per heavy atom. The van der Waals surface area contributed by atoms with Gasteiger partial charge in [-0.25, -0.2) is 9.97 Å². The van der Waals surface area contributed by atoms with Gasteiger partial charge >= 0.3 is 0 Å². The maximum atomic E-state index is 5.29. The van der Waals surface area contributed by atoms with E-state index in [1.54, 1.807) is 12.4 Å². The van der Waals surface area contributed by atoms with Gasteiger partial charge in [0.25, 0.3) is 0 Å². The number of hydrogen-bond acceptors (Lipinski definition) is 4. The molecule has 0 spiro atoms. The van der Waals surface area contributed by atoms with Gasteiger partial charge in [-0.1, -0.05) is 0 Å². The van der Waals surface area contributed by atoms with Crippen LogP contribution in [0.2, 0.25) is 0 Å². The summed E-state index contributed by atoms with van der Waals surface area (Å²) in [5, 5.41) is 0. The fourth-order valence-corrected chi connectivity index (χ4v) is 0.562. The monoisotopic (exact) mass is 138 g/mol. The van der Waals surface area contributed by atoms with Crippen molar-refractivity contribution in [2.75, 3.05) is 24.7 Å². The highest BCUT2D eigenvalue weighted by Crippen LogP contribution is 2.05. The van der Waals surface area contributed by atoms with E-state index in [4.69, 9.17) is 5.73 Å². The molecular formula is C6H10N4. The van der Waals surface area contributed by atoms with Crippen molar-refractivity contribution in [2.24, 2.45) is 0 Å². The minimum Gasteiger partial charge on any atom is -0.375 e. The second kappa shape index (κ2) is 2.51. The maximum absolute atomic E-state index is 5.29. The molecule has 2 N–H and O–H groups in total. The molecule has 0 amide bonds. The van der Waals surface area contributed by atoms with Gasteiger partial charge in [0, 0.05) is 14.1 Å². The Morgan fingerprint density at radius 1 is 1.30 bits per heavy atom. The molecule has 0 fully saturated rings. The molecule has 0 saturated heterocycles. The molecule has 0 aliphatic heterocycles. The van der Waals surface area contributed by atoms with Crippen LogP contribution in [0.25, 0.3) is 0 Å². The van der Waals surface area contributed by atoms with Crippen LogP contribution in [0.4, 0.5) is 11.6 Å². The Labute approximate surface area is 59.7 Å². The lowest BCUT2D eigenvalue weighted by molar-refractivity contribution is 1.08. The van der Waals surface area contributed by atoms with E-state index in [9.17, 15) is 0 Å². The maximum Gasteiger partial charge on any atom is 0.220 e. The van der Waals surface area contributed by atoms with Gasteiger partial charge < -0.3 is 10.6 Å². The SMILES string of the molecule is CN(C)c1cnc(N)nc1. The van der Waals surface area contributed by atoms with Crippen LogP contribution in [0.1, 0.15) is 0 Å². The predicted octanol–water partition coefficient (Wildman–Crippen LogP) is 0.125. The first-order chi connectivity index (χ1) is 4.70. The summed E-state index contributed by atoms with van der Waals surface area (Å²) in [4.78, 5) is 9.57. The fraction of sp³-hybridized carbons (Fsp3) is 0.333. The predicted molar refractivity (Wildman–Crippen MR) is 40.8 cm³/mol. The second-order valence-corrected chi connectivity index (χ2v) is 2.19. The Bertz CT molecular complexity index is 203. The van der Waals surface area contributed by atoms with Crippen molar-refractivity contribution in [3.63, 3.8) is 0 Å². The quantitative estimate of drug-likeness (QED) is 0.599. The molecule has 1 aromatic rings. The summed E-state index contributed by atoms with van der Waals surface area (Å²) < 4.78 is 0. The molecule has 0 aliphatic carbocycles. The van der Waals surface area contributed by atoms with Crippen molar-refractivity contribution >= 4 is 11.6 Å². The largest absolute Gasteiger partial charge is 0.375 e. The highest BCUT2D eigenvalue weighted by atomic mass is 15.1. The molecule has 0 unspecified atom stereocenters. The van der Waals surface area contributed by atoms with Crippen molar-refractivity contribution in [1.29, 1.82) is 0 Å². The zero-order valence-electron chi connectivity index (χ0n) is 6.07. The first kappa shape index (κ1) is 6.80. The average molecular weight is 138 g/mol. The third kappa shape index (κ3) is 1.34. The van der Waals surface area contributed by atoms with E-state index >= 15 is 0 Å². The van der Waals surface area contributed by atoms with Crippen molar-refractivity contribution in [2.45, 2.75) is 0 Å². The second-order valence-electron chi connectivity index (χ2n) is 2.19. The van der Waals surface area contributed by atoms with Gasteiger partial charge in [0.05, 0.1) is 18.1 Å². The van der Waals surface area contributed by atoms with E-state index in [-0.39, 0.29) is 0 Å². The van der Waals surface area contributed by atoms with Crippen LogP contribution in [0.3, 0.4) is 0 Å². The van der Waals surface area contributed by atoms with Gasteiger partial charge in [0.1, 0.15) is 0 Å². The Morgan fingerprint density at radius 2 is 1.80 bits per heavy atom. The van der Waals surface area contributed by atoms with Gasteiger partial charge in [-0.05, 0) is 0 Å². The van der Waals surface area contributed by atoms with Crippen LogP contribution in [-0.4, -0.2) is 24.1 Å². The first-order valence-corrected chi connectivity index (χ1v) is 2.95. The number of nitrogen functional groups attached to an aromatic ring is 1. The third-order valence-electron chi connectivity index (χ3n) is 1.17. The lowest BCUT2D eigenvalue weighted by Gasteiger charge is -2.09. The average Bonchev–Trinajstić information content (AvgIpc) is 1.88. The van der Waals surface area contributed by atoms with E-state index in [1.807, 2.05) is 19.0 Å². The number of aromatic nitrogens is 2. The van der Waals surface area contributed by atoms with Crippen LogP contribution in [0.5, 0.6) is 0 Å². The van der Waals surface area contributed by atoms with Crippen molar-refractivity contribution in [3.8, 4) is 0 Å². The standard InChI is InChI=1S/C6H10N4/c1-10(2)5-3-8-6(7)9-4-5/h3-4H,1-2H3,(H2,7,8,9). The number of rotatable bonds is 1. The zero-order valence-corrected chi connectivity index (χ0v) is 6.07. The summed E-state index contributed by atoms with van der Waals surface area (Å²) in [6, 6.07) is 0. The minimum atomic E-state index is 0.311. The molecule has 54 valence electrons. The zero-order chi connectivity index (χ0) is 7.56. The molecule has 4 nitrogen and oxygen atoms in total. The summed E-state index contributed by atoms with van der Waals surface area (Å²) in [5.74, 6) is 0.311. The number of nitrogens with zero attached hydrogens (tertiary/aromatic N) is 3. The summed E-state index contributed by atoms with van der Waals surface area (Å²) >= 11 is 0. The minimum absolute atomic E-state index is 0.311. The smallest absolute Gasteiger partial charge is 0.220 e. The van der Waals surface area contributed by atoms with Crippen molar-refractivity contribution in [1.82, 2.24) is 9.97 Å². The Hall–Kier alpha value is -1.32. The molecule has 0 radical (unpaired) electrons. The van der Waals surface area contributed by atoms with Gasteiger partial charge in [-0.2, -0.15) is 0 Å². The molecule has 0 saturated carbocycles. The van der Waals surface area contributed by atoms with Crippen LogP contribution in [0, 0.1) is 0 Å². The summed E-state index contributed by atoms with van der Waals surface area (Å²) in [5.41, 5.74) is 6.24. The lowest BCUT2D eigenvalue weighted by Crippen LogP contribution is -2.09. The van der Waals surface area contributed by atoms with Gasteiger partial charge in [0.2, 0.25) is 5.95 Å². The van der Waals surface area contributed by atoms with E-state index in [0.717, 1.165) is 5.69 Å². The lowest BCUT2D eigenvalue weighted by atomic mass is 10.5. The molecule has 10 heavy (non-hydrogen) atoms. The molecule has 1 heterocycles. The molecule has 1 rings (SSSR count). The summed E-state index contributed by atoms with van der Waals surface area (Å²) in [6.07, 6.45) is 3.37. The summed E-state index contributed by atoms with van der Waals surface area (Å²) in [6.45, 7) is 0. The van der Waals surface area contributed by atoms with E-state index in [2.05, 4.69) is 9.97 Å². The molecule has 0 aromatic carbocycles. The van der Waals surface area contributed by atoms with Gasteiger partial charge in [-0.3, -0.25) is 0 Å².